The molecule has 0 aliphatic rings. The maximum atomic E-state index is 11.2. The van der Waals surface area contributed by atoms with Crippen LogP contribution < -0.4 is 16.4 Å². The quantitative estimate of drug-likeness (QED) is 0.659. The van der Waals surface area contributed by atoms with Crippen molar-refractivity contribution in [1.82, 2.24) is 15.5 Å². The van der Waals surface area contributed by atoms with E-state index < -0.39 is 5.54 Å². The summed E-state index contributed by atoms with van der Waals surface area (Å²) in [5.74, 6) is 0.467. The highest BCUT2D eigenvalue weighted by molar-refractivity contribution is 5.78. The lowest BCUT2D eigenvalue weighted by atomic mass is 10.0. The number of amides is 1. The molecule has 0 aliphatic heterocycles. The second-order valence-corrected chi connectivity index (χ2v) is 3.93. The van der Waals surface area contributed by atoms with Gasteiger partial charge in [0.05, 0.1) is 17.8 Å². The largest absolute Gasteiger partial charge is 0.372 e. The van der Waals surface area contributed by atoms with Crippen molar-refractivity contribution in [3.8, 4) is 0 Å². The molecule has 0 saturated heterocycles. The Morgan fingerprint density at radius 2 is 2.12 bits per heavy atom. The second kappa shape index (κ2) is 4.89. The van der Waals surface area contributed by atoms with Gasteiger partial charge in [-0.1, -0.05) is 0 Å². The Hall–Kier alpha value is -1.69. The van der Waals surface area contributed by atoms with Crippen LogP contribution in [-0.4, -0.2) is 29.7 Å². The average molecular weight is 223 g/mol. The highest BCUT2D eigenvalue weighted by Crippen LogP contribution is 2.17. The van der Waals surface area contributed by atoms with Crippen molar-refractivity contribution in [1.29, 1.82) is 0 Å². The van der Waals surface area contributed by atoms with Gasteiger partial charge < -0.3 is 16.4 Å². The van der Waals surface area contributed by atoms with E-state index in [0.717, 1.165) is 0 Å². The van der Waals surface area contributed by atoms with Crippen molar-refractivity contribution in [2.45, 2.75) is 19.4 Å². The fourth-order valence-corrected chi connectivity index (χ4v) is 1.26. The van der Waals surface area contributed by atoms with Gasteiger partial charge in [-0.2, -0.15) is 5.10 Å². The fourth-order valence-electron chi connectivity index (χ4n) is 1.26. The van der Waals surface area contributed by atoms with Crippen molar-refractivity contribution in [3.05, 3.63) is 17.8 Å². The van der Waals surface area contributed by atoms with Crippen LogP contribution >= 0.6 is 0 Å². The molecule has 88 valence electrons. The van der Waals surface area contributed by atoms with Crippen molar-refractivity contribution in [2.75, 3.05) is 18.9 Å². The molecule has 4 N–H and O–H groups in total. The average Bonchev–Trinajstić information content (AvgIpc) is 2.28. The van der Waals surface area contributed by atoms with Gasteiger partial charge in [0.2, 0.25) is 5.91 Å². The third kappa shape index (κ3) is 2.90. The minimum Gasteiger partial charge on any atom is -0.372 e. The molecule has 0 fully saturated rings. The van der Waals surface area contributed by atoms with E-state index in [9.17, 15) is 4.79 Å². The van der Waals surface area contributed by atoms with Crippen LogP contribution in [0.4, 0.5) is 5.82 Å². The lowest BCUT2D eigenvalue weighted by Crippen LogP contribution is -2.44. The van der Waals surface area contributed by atoms with Crippen LogP contribution in [0.25, 0.3) is 0 Å². The number of hydrogen-bond acceptors (Lipinski definition) is 5. The molecular formula is C10H17N5O. The minimum absolute atomic E-state index is 0.0363. The molecular weight excluding hydrogens is 206 g/mol. The zero-order valence-corrected chi connectivity index (χ0v) is 9.74. The van der Waals surface area contributed by atoms with Gasteiger partial charge in [-0.05, 0) is 26.0 Å². The molecule has 0 atom stereocenters. The monoisotopic (exact) mass is 223 g/mol. The summed E-state index contributed by atoms with van der Waals surface area (Å²) in [6.45, 7) is 3.67. The Balaban J connectivity index is 2.84. The highest BCUT2D eigenvalue weighted by atomic mass is 16.2. The molecule has 0 saturated carbocycles. The van der Waals surface area contributed by atoms with E-state index in [1.165, 1.54) is 0 Å². The predicted octanol–water partition coefficient (Wildman–Crippen LogP) is -0.172. The van der Waals surface area contributed by atoms with Crippen LogP contribution in [0.15, 0.2) is 12.1 Å². The molecule has 1 aromatic heterocycles. The van der Waals surface area contributed by atoms with Crippen LogP contribution in [0.5, 0.6) is 0 Å². The smallest absolute Gasteiger partial charge is 0.234 e. The summed E-state index contributed by atoms with van der Waals surface area (Å²) >= 11 is 0. The second-order valence-electron chi connectivity index (χ2n) is 3.93. The third-order valence-electron chi connectivity index (χ3n) is 2.20. The van der Waals surface area contributed by atoms with E-state index in [1.807, 2.05) is 19.9 Å². The van der Waals surface area contributed by atoms with Crippen molar-refractivity contribution >= 4 is 11.7 Å². The molecule has 0 bridgehead atoms. The topological polar surface area (TPSA) is 92.9 Å². The van der Waals surface area contributed by atoms with Crippen LogP contribution in [0.3, 0.4) is 0 Å². The van der Waals surface area contributed by atoms with Crippen LogP contribution in [0, 0.1) is 0 Å². The summed E-state index contributed by atoms with van der Waals surface area (Å²) in [7, 11) is 1.77. The summed E-state index contributed by atoms with van der Waals surface area (Å²) < 4.78 is 0. The molecule has 0 unspecified atom stereocenters. The van der Waals surface area contributed by atoms with Gasteiger partial charge in [0.1, 0.15) is 5.82 Å². The Kier molecular flexibility index (Phi) is 3.78. The number of hydrogen-bond donors (Lipinski definition) is 3. The minimum atomic E-state index is -0.574. The number of carbonyl (C=O) groups excluding carboxylic acids is 1. The first-order valence-corrected chi connectivity index (χ1v) is 5.02. The van der Waals surface area contributed by atoms with Gasteiger partial charge in [-0.15, -0.1) is 5.10 Å². The Morgan fingerprint density at radius 3 is 2.56 bits per heavy atom. The van der Waals surface area contributed by atoms with E-state index in [-0.39, 0.29) is 12.5 Å². The van der Waals surface area contributed by atoms with Crippen molar-refractivity contribution < 1.29 is 4.79 Å². The molecule has 1 rings (SSSR count). The van der Waals surface area contributed by atoms with E-state index in [2.05, 4.69) is 20.8 Å². The lowest BCUT2D eigenvalue weighted by Gasteiger charge is -2.24. The highest BCUT2D eigenvalue weighted by Gasteiger charge is 2.24. The molecule has 1 heterocycles. The molecule has 6 heteroatoms. The van der Waals surface area contributed by atoms with Gasteiger partial charge in [0.25, 0.3) is 0 Å². The van der Waals surface area contributed by atoms with E-state index in [1.54, 1.807) is 13.1 Å². The van der Waals surface area contributed by atoms with E-state index in [4.69, 9.17) is 5.73 Å². The predicted molar refractivity (Wildman–Crippen MR) is 61.8 cm³/mol. The first-order chi connectivity index (χ1) is 7.49. The van der Waals surface area contributed by atoms with E-state index >= 15 is 0 Å². The molecule has 1 aromatic rings. The Morgan fingerprint density at radius 1 is 1.44 bits per heavy atom. The lowest BCUT2D eigenvalue weighted by molar-refractivity contribution is -0.121. The first-order valence-electron chi connectivity index (χ1n) is 5.02. The molecule has 6 nitrogen and oxygen atoms in total. The van der Waals surface area contributed by atoms with Gasteiger partial charge in [0, 0.05) is 7.05 Å². The van der Waals surface area contributed by atoms with E-state index in [0.29, 0.717) is 11.5 Å². The normalized spacial score (nSPS) is 11.0. The molecule has 1 amide bonds. The summed E-state index contributed by atoms with van der Waals surface area (Å²) in [5.41, 5.74) is 5.36. The summed E-state index contributed by atoms with van der Waals surface area (Å²) in [4.78, 5) is 11.2. The van der Waals surface area contributed by atoms with Crippen LogP contribution in [0.2, 0.25) is 0 Å². The van der Waals surface area contributed by atoms with Gasteiger partial charge in [-0.25, -0.2) is 0 Å². The number of nitrogens with two attached hydrogens (primary N) is 1. The van der Waals surface area contributed by atoms with Gasteiger partial charge >= 0.3 is 0 Å². The number of rotatable bonds is 4. The number of nitrogens with zero attached hydrogens (tertiary/aromatic N) is 2. The molecule has 0 spiro atoms. The standard InChI is InChI=1S/C10H17N5O/c1-10(2,13-9(16)6-11)7-4-5-8(12-3)15-14-7/h4-5H,6,11H2,1-3H3,(H,12,15)(H,13,16). The maximum absolute atomic E-state index is 11.2. The summed E-state index contributed by atoms with van der Waals surface area (Å²) in [6, 6.07) is 3.62. The van der Waals surface area contributed by atoms with Crippen LogP contribution in [0.1, 0.15) is 19.5 Å². The Labute approximate surface area is 94.6 Å². The molecule has 0 radical (unpaired) electrons. The zero-order chi connectivity index (χ0) is 12.2. The Bertz CT molecular complexity index is 360. The third-order valence-corrected chi connectivity index (χ3v) is 2.20. The molecule has 0 aliphatic carbocycles. The number of anilines is 1. The SMILES string of the molecule is CNc1ccc(C(C)(C)NC(=O)CN)nn1. The van der Waals surface area contributed by atoms with Crippen LogP contribution in [-0.2, 0) is 10.3 Å². The first kappa shape index (κ1) is 12.4. The fraction of sp³-hybridized carbons (Fsp3) is 0.500. The summed E-state index contributed by atoms with van der Waals surface area (Å²) in [5, 5.41) is 13.6. The van der Waals surface area contributed by atoms with Crippen molar-refractivity contribution in [3.63, 3.8) is 0 Å². The number of aromatic nitrogens is 2. The summed E-state index contributed by atoms with van der Waals surface area (Å²) in [6.07, 6.45) is 0. The zero-order valence-electron chi connectivity index (χ0n) is 9.74. The number of nitrogens with one attached hydrogen (secondary N) is 2. The maximum Gasteiger partial charge on any atom is 0.234 e. The van der Waals surface area contributed by atoms with Crippen molar-refractivity contribution in [2.24, 2.45) is 5.73 Å². The van der Waals surface area contributed by atoms with Gasteiger partial charge in [0.15, 0.2) is 0 Å². The molecule has 16 heavy (non-hydrogen) atoms. The number of carbonyl (C=O) groups is 1. The van der Waals surface area contributed by atoms with Gasteiger partial charge in [-0.3, -0.25) is 4.79 Å². The molecule has 0 aromatic carbocycles.